The summed E-state index contributed by atoms with van der Waals surface area (Å²) < 4.78 is 1.75. The van der Waals surface area contributed by atoms with Crippen molar-refractivity contribution < 1.29 is 9.59 Å². The molecular formula is C26H30Cl2N4O2. The molecule has 0 aliphatic carbocycles. The van der Waals surface area contributed by atoms with E-state index in [1.807, 2.05) is 44.2 Å². The van der Waals surface area contributed by atoms with Crippen molar-refractivity contribution in [1.82, 2.24) is 14.7 Å². The zero-order chi connectivity index (χ0) is 25.0. The third-order valence-corrected chi connectivity index (χ3v) is 6.11. The predicted octanol–water partition coefficient (Wildman–Crippen LogP) is 6.28. The Morgan fingerprint density at radius 3 is 2.38 bits per heavy atom. The van der Waals surface area contributed by atoms with E-state index in [1.54, 1.807) is 16.8 Å². The molecule has 0 bridgehead atoms. The van der Waals surface area contributed by atoms with Crippen molar-refractivity contribution >= 4 is 40.8 Å². The lowest BCUT2D eigenvalue weighted by Gasteiger charge is -2.22. The molecule has 0 unspecified atom stereocenters. The number of para-hydroxylation sites is 1. The first kappa shape index (κ1) is 25.8. The van der Waals surface area contributed by atoms with Gasteiger partial charge in [0.25, 0.3) is 5.91 Å². The molecule has 0 radical (unpaired) electrons. The van der Waals surface area contributed by atoms with E-state index in [9.17, 15) is 9.59 Å². The van der Waals surface area contributed by atoms with Crippen LogP contribution in [0.3, 0.4) is 0 Å². The van der Waals surface area contributed by atoms with Crippen molar-refractivity contribution in [3.05, 3.63) is 75.4 Å². The Morgan fingerprint density at radius 2 is 1.76 bits per heavy atom. The molecule has 0 aliphatic rings. The van der Waals surface area contributed by atoms with Crippen molar-refractivity contribution in [1.29, 1.82) is 0 Å². The van der Waals surface area contributed by atoms with Gasteiger partial charge in [0.1, 0.15) is 12.4 Å². The lowest BCUT2D eigenvalue weighted by atomic mass is 9.92. The van der Waals surface area contributed by atoms with Gasteiger partial charge in [0, 0.05) is 23.6 Å². The Balaban J connectivity index is 1.87. The highest BCUT2D eigenvalue weighted by atomic mass is 35.5. The summed E-state index contributed by atoms with van der Waals surface area (Å²) in [6.45, 7) is 10.5. The molecule has 3 rings (SSSR count). The van der Waals surface area contributed by atoms with Crippen molar-refractivity contribution in [3.8, 4) is 5.69 Å². The number of rotatable bonds is 7. The number of hydrogen-bond acceptors (Lipinski definition) is 3. The van der Waals surface area contributed by atoms with Crippen molar-refractivity contribution in [2.24, 2.45) is 0 Å². The molecule has 0 aliphatic heterocycles. The Labute approximate surface area is 210 Å². The van der Waals surface area contributed by atoms with Crippen LogP contribution in [0.25, 0.3) is 5.69 Å². The van der Waals surface area contributed by atoms with Crippen LogP contribution < -0.4 is 5.32 Å². The first-order valence-electron chi connectivity index (χ1n) is 11.2. The molecule has 8 heteroatoms. The van der Waals surface area contributed by atoms with Gasteiger partial charge in [-0.05, 0) is 43.2 Å². The average Bonchev–Trinajstić information content (AvgIpc) is 3.19. The molecule has 0 fully saturated rings. The molecule has 1 aromatic heterocycles. The fourth-order valence-electron chi connectivity index (χ4n) is 3.51. The van der Waals surface area contributed by atoms with Crippen LogP contribution in [-0.2, 0) is 10.2 Å². The van der Waals surface area contributed by atoms with E-state index in [1.165, 1.54) is 11.0 Å². The van der Waals surface area contributed by atoms with Crippen LogP contribution >= 0.6 is 23.2 Å². The van der Waals surface area contributed by atoms with Crippen LogP contribution in [-0.4, -0.2) is 39.6 Å². The molecule has 34 heavy (non-hydrogen) atoms. The molecule has 2 amide bonds. The summed E-state index contributed by atoms with van der Waals surface area (Å²) in [6.07, 6.45) is 0.704. The molecule has 1 N–H and O–H groups in total. The molecular weight excluding hydrogens is 471 g/mol. The quantitative estimate of drug-likeness (QED) is 0.415. The molecule has 0 atom stereocenters. The van der Waals surface area contributed by atoms with Gasteiger partial charge in [0.15, 0.2) is 0 Å². The maximum absolute atomic E-state index is 13.1. The molecule has 1 heterocycles. The summed E-state index contributed by atoms with van der Waals surface area (Å²) in [5.74, 6) is -0.0296. The highest BCUT2D eigenvalue weighted by Crippen LogP contribution is 2.28. The number of amides is 2. The second-order valence-electron chi connectivity index (χ2n) is 9.27. The van der Waals surface area contributed by atoms with Gasteiger partial charge in [-0.15, -0.1) is 0 Å². The van der Waals surface area contributed by atoms with Gasteiger partial charge >= 0.3 is 0 Å². The zero-order valence-electron chi connectivity index (χ0n) is 20.2. The van der Waals surface area contributed by atoms with Gasteiger partial charge in [0.2, 0.25) is 5.91 Å². The van der Waals surface area contributed by atoms with E-state index in [-0.39, 0.29) is 23.8 Å². The number of carbonyl (C=O) groups is 2. The zero-order valence-corrected chi connectivity index (χ0v) is 21.7. The lowest BCUT2D eigenvalue weighted by molar-refractivity contribution is -0.116. The summed E-state index contributed by atoms with van der Waals surface area (Å²) in [6, 6.07) is 14.5. The van der Waals surface area contributed by atoms with Gasteiger partial charge in [-0.3, -0.25) is 9.59 Å². The van der Waals surface area contributed by atoms with Gasteiger partial charge in [-0.1, -0.05) is 69.1 Å². The largest absolute Gasteiger partial charge is 0.329 e. The van der Waals surface area contributed by atoms with Crippen LogP contribution in [0.4, 0.5) is 5.82 Å². The van der Waals surface area contributed by atoms with Gasteiger partial charge in [-0.2, -0.15) is 5.10 Å². The highest BCUT2D eigenvalue weighted by molar-refractivity contribution is 6.42. The Morgan fingerprint density at radius 1 is 1.06 bits per heavy atom. The number of benzene rings is 2. The number of nitrogens with one attached hydrogen (secondary N) is 1. The van der Waals surface area contributed by atoms with Crippen molar-refractivity contribution in [2.45, 2.75) is 46.5 Å². The van der Waals surface area contributed by atoms with E-state index in [4.69, 9.17) is 28.3 Å². The summed E-state index contributed by atoms with van der Waals surface area (Å²) >= 11 is 12.1. The second kappa shape index (κ2) is 10.6. The van der Waals surface area contributed by atoms with Crippen LogP contribution in [0.5, 0.6) is 0 Å². The fourth-order valence-corrected chi connectivity index (χ4v) is 3.81. The monoisotopic (exact) mass is 500 g/mol. The predicted molar refractivity (Wildman–Crippen MR) is 138 cm³/mol. The van der Waals surface area contributed by atoms with Crippen molar-refractivity contribution in [3.63, 3.8) is 0 Å². The number of anilines is 1. The fraction of sp³-hybridized carbons (Fsp3) is 0.346. The van der Waals surface area contributed by atoms with Crippen molar-refractivity contribution in [2.75, 3.05) is 18.4 Å². The maximum atomic E-state index is 13.1. The third-order valence-electron chi connectivity index (χ3n) is 5.37. The maximum Gasteiger partial charge on any atom is 0.254 e. The molecule has 180 valence electrons. The topological polar surface area (TPSA) is 67.2 Å². The molecule has 0 saturated heterocycles. The number of halogens is 2. The highest BCUT2D eigenvalue weighted by Gasteiger charge is 2.24. The van der Waals surface area contributed by atoms with Gasteiger partial charge in [-0.25, -0.2) is 4.68 Å². The normalized spacial score (nSPS) is 11.4. The number of aromatic nitrogens is 2. The van der Waals surface area contributed by atoms with E-state index >= 15 is 0 Å². The molecule has 3 aromatic rings. The lowest BCUT2D eigenvalue weighted by Crippen LogP contribution is -2.38. The van der Waals surface area contributed by atoms with E-state index in [0.29, 0.717) is 34.4 Å². The molecule has 0 spiro atoms. The number of nitrogens with zero attached hydrogens (tertiary/aromatic N) is 3. The van der Waals surface area contributed by atoms with Gasteiger partial charge in [0.05, 0.1) is 21.4 Å². The minimum Gasteiger partial charge on any atom is -0.329 e. The van der Waals surface area contributed by atoms with Crippen LogP contribution in [0.2, 0.25) is 10.0 Å². The summed E-state index contributed by atoms with van der Waals surface area (Å²) in [7, 11) is 0. The van der Waals surface area contributed by atoms with E-state index in [0.717, 1.165) is 16.9 Å². The minimum atomic E-state index is -0.308. The minimum absolute atomic E-state index is 0.100. The van der Waals surface area contributed by atoms with Crippen LogP contribution in [0.15, 0.2) is 48.5 Å². The van der Waals surface area contributed by atoms with Crippen LogP contribution in [0, 0.1) is 6.92 Å². The first-order valence-corrected chi connectivity index (χ1v) is 12.0. The molecule has 2 aromatic carbocycles. The average molecular weight is 501 g/mol. The summed E-state index contributed by atoms with van der Waals surface area (Å²) in [4.78, 5) is 27.7. The Bertz CT molecular complexity index is 1200. The first-order chi connectivity index (χ1) is 16.0. The third kappa shape index (κ3) is 5.99. The molecule has 6 nitrogen and oxygen atoms in total. The van der Waals surface area contributed by atoms with E-state index in [2.05, 4.69) is 26.1 Å². The Kier molecular flexibility index (Phi) is 8.05. The number of carbonyl (C=O) groups excluding carboxylic acids is 2. The SMILES string of the molecule is CCCN(CC(=O)Nc1cc(C(C)(C)C)nn1-c1ccccc1C)C(=O)c1ccc(Cl)c(Cl)c1. The standard InChI is InChI=1S/C26H30Cl2N4O2/c1-6-13-31(25(34)18-11-12-19(27)20(28)14-18)16-24(33)29-23-15-22(26(3,4)5)30-32(23)21-10-8-7-9-17(21)2/h7-12,14-15H,6,13,16H2,1-5H3,(H,29,33). The summed E-state index contributed by atoms with van der Waals surface area (Å²) in [5, 5.41) is 8.41. The summed E-state index contributed by atoms with van der Waals surface area (Å²) in [5.41, 5.74) is 2.94. The number of aryl methyl sites for hydroxylation is 1. The van der Waals surface area contributed by atoms with Crippen LogP contribution in [0.1, 0.15) is 55.7 Å². The van der Waals surface area contributed by atoms with Gasteiger partial charge < -0.3 is 10.2 Å². The molecule has 0 saturated carbocycles. The smallest absolute Gasteiger partial charge is 0.254 e. The number of hydrogen-bond donors (Lipinski definition) is 1. The Hall–Kier alpha value is -2.83. The second-order valence-corrected chi connectivity index (χ2v) is 10.1. The van der Waals surface area contributed by atoms with E-state index < -0.39 is 0 Å².